The summed E-state index contributed by atoms with van der Waals surface area (Å²) < 4.78 is 31.0. The van der Waals surface area contributed by atoms with Crippen LogP contribution in [0.4, 0.5) is 0 Å². The molecule has 0 saturated heterocycles. The molecule has 0 unspecified atom stereocenters. The number of benzene rings is 1. The predicted octanol–water partition coefficient (Wildman–Crippen LogP) is 1.01. The summed E-state index contributed by atoms with van der Waals surface area (Å²) in [6, 6.07) is 3.91. The molecule has 20 heavy (non-hydrogen) atoms. The van der Waals surface area contributed by atoms with Crippen molar-refractivity contribution in [1.82, 2.24) is 10.0 Å². The number of esters is 1. The fourth-order valence-electron chi connectivity index (χ4n) is 1.49. The number of likely N-dealkylation sites (N-methyl/N-ethyl adjacent to an activating group) is 1. The van der Waals surface area contributed by atoms with Gasteiger partial charge in [-0.2, -0.15) is 0 Å². The molecule has 8 heteroatoms. The molecule has 0 atom stereocenters. The van der Waals surface area contributed by atoms with E-state index in [4.69, 9.17) is 11.6 Å². The van der Waals surface area contributed by atoms with Crippen LogP contribution in [0.3, 0.4) is 0 Å². The highest BCUT2D eigenvalue weighted by Crippen LogP contribution is 2.22. The molecule has 0 heterocycles. The lowest BCUT2D eigenvalue weighted by Gasteiger charge is -2.09. The summed E-state index contributed by atoms with van der Waals surface area (Å²) in [5, 5.41) is 2.97. The second kappa shape index (κ2) is 7.58. The monoisotopic (exact) mass is 320 g/mol. The number of carbonyl (C=O) groups is 1. The second-order valence-electron chi connectivity index (χ2n) is 3.89. The van der Waals surface area contributed by atoms with Crippen molar-refractivity contribution in [3.8, 4) is 0 Å². The maximum atomic E-state index is 12.0. The van der Waals surface area contributed by atoms with Crippen LogP contribution in [0.25, 0.3) is 0 Å². The Bertz CT molecular complexity index is 575. The topological polar surface area (TPSA) is 84.5 Å². The Hall–Kier alpha value is -1.15. The Balaban J connectivity index is 2.88. The normalized spacial score (nSPS) is 11.3. The first-order valence-electron chi connectivity index (χ1n) is 6.00. The van der Waals surface area contributed by atoms with E-state index in [2.05, 4.69) is 14.8 Å². The van der Waals surface area contributed by atoms with Crippen LogP contribution in [0.2, 0.25) is 5.02 Å². The van der Waals surface area contributed by atoms with E-state index in [0.717, 1.165) is 6.54 Å². The summed E-state index contributed by atoms with van der Waals surface area (Å²) in [4.78, 5) is 11.3. The van der Waals surface area contributed by atoms with E-state index in [0.29, 0.717) is 6.54 Å². The van der Waals surface area contributed by atoms with Gasteiger partial charge in [-0.25, -0.2) is 17.9 Å². The Kier molecular flexibility index (Phi) is 6.41. The van der Waals surface area contributed by atoms with Crippen molar-refractivity contribution in [2.45, 2.75) is 11.8 Å². The molecule has 0 amide bonds. The molecule has 0 saturated carbocycles. The molecule has 1 rings (SSSR count). The molecule has 1 aromatic carbocycles. The minimum atomic E-state index is -3.69. The quantitative estimate of drug-likeness (QED) is 0.578. The number of carbonyl (C=O) groups excluding carboxylic acids is 1. The average molecular weight is 321 g/mol. The zero-order chi connectivity index (χ0) is 15.2. The molecular formula is C12H17ClN2O4S. The molecule has 0 aliphatic carbocycles. The van der Waals surface area contributed by atoms with E-state index in [1.165, 1.54) is 25.3 Å². The van der Waals surface area contributed by atoms with Gasteiger partial charge in [0.2, 0.25) is 10.0 Å². The highest BCUT2D eigenvalue weighted by atomic mass is 35.5. The van der Waals surface area contributed by atoms with Crippen LogP contribution in [0.15, 0.2) is 23.1 Å². The van der Waals surface area contributed by atoms with Crippen molar-refractivity contribution < 1.29 is 17.9 Å². The maximum absolute atomic E-state index is 12.0. The van der Waals surface area contributed by atoms with Crippen LogP contribution in [0, 0.1) is 0 Å². The van der Waals surface area contributed by atoms with Gasteiger partial charge in [-0.15, -0.1) is 0 Å². The molecule has 0 fully saturated rings. The van der Waals surface area contributed by atoms with Crippen molar-refractivity contribution in [3.63, 3.8) is 0 Å². The number of methoxy groups -OCH3 is 1. The first-order chi connectivity index (χ1) is 9.42. The number of hydrogen-bond donors (Lipinski definition) is 2. The number of rotatable bonds is 7. The molecule has 112 valence electrons. The van der Waals surface area contributed by atoms with E-state index >= 15 is 0 Å². The Morgan fingerprint density at radius 2 is 2.05 bits per heavy atom. The van der Waals surface area contributed by atoms with Crippen LogP contribution >= 0.6 is 11.6 Å². The molecule has 0 aromatic heterocycles. The predicted molar refractivity (Wildman–Crippen MR) is 76.5 cm³/mol. The maximum Gasteiger partial charge on any atom is 0.337 e. The van der Waals surface area contributed by atoms with Crippen molar-refractivity contribution >= 4 is 27.6 Å². The van der Waals surface area contributed by atoms with E-state index in [-0.39, 0.29) is 22.0 Å². The average Bonchev–Trinajstić information content (AvgIpc) is 2.42. The molecule has 0 bridgehead atoms. The lowest BCUT2D eigenvalue weighted by atomic mass is 10.2. The highest BCUT2D eigenvalue weighted by molar-refractivity contribution is 7.89. The lowest BCUT2D eigenvalue weighted by Crippen LogP contribution is -2.32. The largest absolute Gasteiger partial charge is 0.465 e. The van der Waals surface area contributed by atoms with Crippen molar-refractivity contribution in [2.75, 3.05) is 26.7 Å². The molecular weight excluding hydrogens is 304 g/mol. The molecule has 2 N–H and O–H groups in total. The molecule has 0 aliphatic rings. The molecule has 0 aliphatic heterocycles. The summed E-state index contributed by atoms with van der Waals surface area (Å²) in [6.45, 7) is 3.46. The third-order valence-corrected chi connectivity index (χ3v) is 4.43. The van der Waals surface area contributed by atoms with Crippen LogP contribution in [-0.4, -0.2) is 41.1 Å². The van der Waals surface area contributed by atoms with Crippen LogP contribution in [0.5, 0.6) is 0 Å². The SMILES string of the molecule is CCNCCNS(=O)(=O)c1ccc(C(=O)OC)cc1Cl. The number of sulfonamides is 1. The zero-order valence-electron chi connectivity index (χ0n) is 11.3. The fraction of sp³-hybridized carbons (Fsp3) is 0.417. The van der Waals surface area contributed by atoms with Gasteiger partial charge in [-0.1, -0.05) is 18.5 Å². The van der Waals surface area contributed by atoms with E-state index in [9.17, 15) is 13.2 Å². The summed E-state index contributed by atoms with van der Waals surface area (Å²) >= 11 is 5.91. The van der Waals surface area contributed by atoms with Gasteiger partial charge in [-0.3, -0.25) is 0 Å². The van der Waals surface area contributed by atoms with E-state index < -0.39 is 16.0 Å². The molecule has 6 nitrogen and oxygen atoms in total. The highest BCUT2D eigenvalue weighted by Gasteiger charge is 2.19. The third kappa shape index (κ3) is 4.45. The fourth-order valence-corrected chi connectivity index (χ4v) is 3.07. The third-order valence-electron chi connectivity index (χ3n) is 2.49. The summed E-state index contributed by atoms with van der Waals surface area (Å²) in [5.41, 5.74) is 0.198. The number of ether oxygens (including phenoxy) is 1. The number of halogens is 1. The standard InChI is InChI=1S/C12H17ClN2O4S/c1-3-14-6-7-15-20(17,18)11-5-4-9(8-10(11)13)12(16)19-2/h4-5,8,14-15H,3,6-7H2,1-2H3. The van der Waals surface area contributed by atoms with Crippen molar-refractivity contribution in [3.05, 3.63) is 28.8 Å². The summed E-state index contributed by atoms with van der Waals surface area (Å²) in [7, 11) is -2.46. The van der Waals surface area contributed by atoms with E-state index in [1.54, 1.807) is 0 Å². The van der Waals surface area contributed by atoms with Gasteiger partial charge in [0, 0.05) is 13.1 Å². The Morgan fingerprint density at radius 3 is 2.60 bits per heavy atom. The zero-order valence-corrected chi connectivity index (χ0v) is 12.8. The van der Waals surface area contributed by atoms with Gasteiger partial charge in [0.25, 0.3) is 0 Å². The van der Waals surface area contributed by atoms with Gasteiger partial charge in [0.05, 0.1) is 17.7 Å². The van der Waals surface area contributed by atoms with Crippen molar-refractivity contribution in [1.29, 1.82) is 0 Å². The minimum Gasteiger partial charge on any atom is -0.465 e. The van der Waals surface area contributed by atoms with Crippen LogP contribution in [-0.2, 0) is 14.8 Å². The minimum absolute atomic E-state index is 0.0242. The van der Waals surface area contributed by atoms with Gasteiger partial charge < -0.3 is 10.1 Å². The molecule has 0 spiro atoms. The molecule has 1 aromatic rings. The molecule has 0 radical (unpaired) electrons. The first kappa shape index (κ1) is 16.9. The smallest absolute Gasteiger partial charge is 0.337 e. The lowest BCUT2D eigenvalue weighted by molar-refractivity contribution is 0.0600. The second-order valence-corrected chi connectivity index (χ2v) is 6.03. The summed E-state index contributed by atoms with van der Waals surface area (Å²) in [5.74, 6) is -0.573. The van der Waals surface area contributed by atoms with Gasteiger partial charge in [-0.05, 0) is 24.7 Å². The van der Waals surface area contributed by atoms with Gasteiger partial charge in [0.15, 0.2) is 0 Å². The van der Waals surface area contributed by atoms with Gasteiger partial charge in [0.1, 0.15) is 4.90 Å². The van der Waals surface area contributed by atoms with Crippen molar-refractivity contribution in [2.24, 2.45) is 0 Å². The van der Waals surface area contributed by atoms with Gasteiger partial charge >= 0.3 is 5.97 Å². The Labute approximate surface area is 123 Å². The number of hydrogen-bond acceptors (Lipinski definition) is 5. The summed E-state index contributed by atoms with van der Waals surface area (Å²) in [6.07, 6.45) is 0. The number of nitrogens with one attached hydrogen (secondary N) is 2. The van der Waals surface area contributed by atoms with Crippen LogP contribution in [0.1, 0.15) is 17.3 Å². The first-order valence-corrected chi connectivity index (χ1v) is 7.86. The van der Waals surface area contributed by atoms with E-state index in [1.807, 2.05) is 6.92 Å². The Morgan fingerprint density at radius 1 is 1.35 bits per heavy atom. The van der Waals surface area contributed by atoms with Crippen LogP contribution < -0.4 is 10.0 Å².